The Kier molecular flexibility index (Phi) is 7.37. The molecule has 6 nitrogen and oxygen atoms in total. The van der Waals surface area contributed by atoms with Gasteiger partial charge in [0.25, 0.3) is 0 Å². The predicted molar refractivity (Wildman–Crippen MR) is 116 cm³/mol. The maximum atomic E-state index is 13.1. The Morgan fingerprint density at radius 2 is 1.58 bits per heavy atom. The molecule has 172 valence electrons. The molecule has 31 heavy (non-hydrogen) atoms. The Hall–Kier alpha value is -0.810. The molecule has 3 fully saturated rings. The fourth-order valence-electron chi connectivity index (χ4n) is 4.83. The summed E-state index contributed by atoms with van der Waals surface area (Å²) in [6.45, 7) is 3.44. The number of hydrogen-bond donors (Lipinski definition) is 2. The lowest BCUT2D eigenvalue weighted by Gasteiger charge is -2.45. The zero-order valence-corrected chi connectivity index (χ0v) is 21.3. The number of ether oxygens (including phenoxy) is 2. The van der Waals surface area contributed by atoms with E-state index < -0.39 is 11.6 Å². The number of hydrogen-bond acceptors (Lipinski definition) is 7. The normalized spacial score (nSPS) is 30.0. The molecule has 0 saturated carbocycles. The van der Waals surface area contributed by atoms with Gasteiger partial charge in [-0.2, -0.15) is 0 Å². The Morgan fingerprint density at radius 1 is 1.13 bits per heavy atom. The third kappa shape index (κ3) is 4.51. The number of rotatable bonds is 4. The van der Waals surface area contributed by atoms with E-state index in [9.17, 15) is 9.90 Å². The van der Waals surface area contributed by atoms with Gasteiger partial charge < -0.3 is 41.2 Å². The van der Waals surface area contributed by atoms with Crippen molar-refractivity contribution in [2.45, 2.75) is 68.8 Å². The van der Waals surface area contributed by atoms with Crippen LogP contribution in [0.3, 0.4) is 0 Å². The summed E-state index contributed by atoms with van der Waals surface area (Å²) >= 11 is 2.74. The number of nitrogens with zero attached hydrogens (tertiary/aromatic N) is 1. The second kappa shape index (κ2) is 9.21. The van der Waals surface area contributed by atoms with Crippen LogP contribution in [0.25, 0.3) is 0 Å². The molecule has 2 N–H and O–H groups in total. The second-order valence-electron chi connectivity index (χ2n) is 9.09. The second-order valence-corrected chi connectivity index (χ2v) is 11.0. The number of likely N-dealkylation sites (N-methyl/N-ethyl adjacent to an activating group) is 1. The van der Waals surface area contributed by atoms with E-state index >= 15 is 0 Å². The molecule has 5 atom stereocenters. The molecule has 0 spiro atoms. The van der Waals surface area contributed by atoms with E-state index in [1.165, 1.54) is 22.7 Å². The topological polar surface area (TPSA) is 79.3 Å². The Bertz CT molecular complexity index is 814. The minimum absolute atomic E-state index is 0. The van der Waals surface area contributed by atoms with Gasteiger partial charge in [0.15, 0.2) is 0 Å². The van der Waals surface area contributed by atoms with Crippen LogP contribution >= 0.6 is 22.7 Å². The van der Waals surface area contributed by atoms with Crippen molar-refractivity contribution in [3.63, 3.8) is 0 Å². The average Bonchev–Trinajstić information content (AvgIpc) is 3.02. The number of halogens is 1. The third-order valence-electron chi connectivity index (χ3n) is 6.36. The summed E-state index contributed by atoms with van der Waals surface area (Å²) in [5, 5.41) is 23.2. The molecule has 2 aromatic rings. The number of epoxide rings is 1. The minimum atomic E-state index is -1.72. The number of thiophene rings is 2. The summed E-state index contributed by atoms with van der Waals surface area (Å²) < 4.78 is 12.6. The molecule has 0 aliphatic carbocycles. The largest absolute Gasteiger partial charge is 1.00 e. The van der Waals surface area contributed by atoms with Crippen molar-refractivity contribution in [1.29, 1.82) is 0 Å². The van der Waals surface area contributed by atoms with E-state index in [4.69, 9.17) is 14.6 Å². The first-order valence-corrected chi connectivity index (χ1v) is 12.1. The van der Waals surface area contributed by atoms with Gasteiger partial charge in [0, 0.05) is 18.9 Å². The lowest BCUT2D eigenvalue weighted by molar-refractivity contribution is -0.938. The number of carbonyl (C=O) groups is 1. The molecule has 3 saturated heterocycles. The quantitative estimate of drug-likeness (QED) is 0.322. The standard InChI is InChI=1S/C19H22NO4S2.C3H8O.BrH/c1-20(2)12-9-11(10-13(20)17-16(12)24-17)23-18(21)19(22,14-5-3-7-25-14)15-6-4-8-26-15;1-3(2)4;/h3-8,11-13,16-17,22H,9-10H2,1-2H3;3-4H,1-2H3;1H/q+1;;/p-1/t11?,12-,13-,16-,17+;;/m0../s1. The molecule has 0 amide bonds. The van der Waals surface area contributed by atoms with Crippen molar-refractivity contribution >= 4 is 28.6 Å². The number of aliphatic hydroxyl groups is 2. The van der Waals surface area contributed by atoms with Gasteiger partial charge in [-0.25, -0.2) is 4.79 Å². The van der Waals surface area contributed by atoms with Gasteiger partial charge >= 0.3 is 5.97 Å². The van der Waals surface area contributed by atoms with Crippen LogP contribution in [0.4, 0.5) is 0 Å². The Labute approximate surface area is 201 Å². The highest BCUT2D eigenvalue weighted by atomic mass is 79.9. The number of fused-ring (bicyclic) bond motifs is 5. The molecular formula is C22H30BrNO5S2. The predicted octanol–water partition coefficient (Wildman–Crippen LogP) is -0.263. The van der Waals surface area contributed by atoms with Crippen molar-refractivity contribution < 1.29 is 45.9 Å². The van der Waals surface area contributed by atoms with Crippen molar-refractivity contribution in [3.05, 3.63) is 44.8 Å². The number of quaternary nitrogens is 1. The molecule has 1 unspecified atom stereocenters. The van der Waals surface area contributed by atoms with Crippen LogP contribution in [0.5, 0.6) is 0 Å². The summed E-state index contributed by atoms with van der Waals surface area (Å²) in [7, 11) is 4.49. The van der Waals surface area contributed by atoms with Gasteiger partial charge in [-0.05, 0) is 36.7 Å². The maximum Gasteiger partial charge on any atom is 0.349 e. The Balaban J connectivity index is 0.000000504. The molecule has 0 radical (unpaired) electrons. The Morgan fingerprint density at radius 3 is 1.97 bits per heavy atom. The lowest BCUT2D eigenvalue weighted by atomic mass is 9.95. The van der Waals surface area contributed by atoms with E-state index in [1.807, 2.05) is 22.9 Å². The van der Waals surface area contributed by atoms with Crippen molar-refractivity contribution in [1.82, 2.24) is 0 Å². The highest BCUT2D eigenvalue weighted by Gasteiger charge is 2.71. The smallest absolute Gasteiger partial charge is 0.349 e. The number of esters is 1. The summed E-state index contributed by atoms with van der Waals surface area (Å²) in [5.74, 6) is -0.561. The number of aliphatic hydroxyl groups excluding tert-OH is 1. The fourth-order valence-corrected chi connectivity index (χ4v) is 6.54. The van der Waals surface area contributed by atoms with Gasteiger partial charge in [-0.3, -0.25) is 0 Å². The molecule has 3 aliphatic heterocycles. The summed E-state index contributed by atoms with van der Waals surface area (Å²) in [6.07, 6.45) is 1.88. The zero-order valence-electron chi connectivity index (χ0n) is 18.1. The molecule has 3 aliphatic rings. The minimum Gasteiger partial charge on any atom is -1.00 e. The molecule has 2 aromatic heterocycles. The molecule has 5 rings (SSSR count). The van der Waals surface area contributed by atoms with Crippen LogP contribution in [0.2, 0.25) is 0 Å². The first kappa shape index (κ1) is 24.8. The van der Waals surface area contributed by atoms with Crippen LogP contribution in [0.1, 0.15) is 36.4 Å². The fraction of sp³-hybridized carbons (Fsp3) is 0.591. The van der Waals surface area contributed by atoms with Crippen molar-refractivity contribution in [2.24, 2.45) is 0 Å². The molecule has 9 heteroatoms. The van der Waals surface area contributed by atoms with Gasteiger partial charge in [-0.15, -0.1) is 22.7 Å². The maximum absolute atomic E-state index is 13.1. The summed E-state index contributed by atoms with van der Waals surface area (Å²) in [4.78, 5) is 14.3. The van der Waals surface area contributed by atoms with E-state index in [1.54, 1.807) is 26.0 Å². The summed E-state index contributed by atoms with van der Waals surface area (Å²) in [6, 6.07) is 8.01. The first-order valence-electron chi connectivity index (χ1n) is 10.3. The SMILES string of the molecule is CC(C)O.C[N+]1(C)[C@H]2CC(OC(=O)C(O)(c3cccs3)c3cccs3)C[C@H]1[C@H]1O[C@H]12.[Br-]. The molecule has 0 aromatic carbocycles. The van der Waals surface area contributed by atoms with Crippen LogP contribution in [-0.4, -0.2) is 71.3 Å². The number of carbonyl (C=O) groups excluding carboxylic acids is 1. The average molecular weight is 533 g/mol. The first-order chi connectivity index (χ1) is 14.2. The van der Waals surface area contributed by atoms with E-state index in [2.05, 4.69) is 14.1 Å². The number of piperidine rings is 1. The van der Waals surface area contributed by atoms with Crippen LogP contribution in [0, 0.1) is 0 Å². The monoisotopic (exact) mass is 531 g/mol. The lowest BCUT2D eigenvalue weighted by Crippen LogP contribution is -3.00. The number of morpholine rings is 1. The molecular weight excluding hydrogens is 502 g/mol. The van der Waals surface area contributed by atoms with E-state index in [-0.39, 0.29) is 29.2 Å². The van der Waals surface area contributed by atoms with Gasteiger partial charge in [0.05, 0.1) is 23.8 Å². The van der Waals surface area contributed by atoms with Crippen LogP contribution in [-0.2, 0) is 19.9 Å². The van der Waals surface area contributed by atoms with E-state index in [0.717, 1.165) is 17.3 Å². The highest BCUT2D eigenvalue weighted by molar-refractivity contribution is 7.12. The van der Waals surface area contributed by atoms with Crippen molar-refractivity contribution in [3.8, 4) is 0 Å². The highest BCUT2D eigenvalue weighted by Crippen LogP contribution is 2.52. The van der Waals surface area contributed by atoms with Crippen LogP contribution < -0.4 is 17.0 Å². The molecule has 2 bridgehead atoms. The third-order valence-corrected chi connectivity index (χ3v) is 8.32. The van der Waals surface area contributed by atoms with Crippen LogP contribution in [0.15, 0.2) is 35.0 Å². The zero-order chi connectivity index (χ0) is 21.7. The van der Waals surface area contributed by atoms with Gasteiger partial charge in [0.2, 0.25) is 5.60 Å². The molecule has 5 heterocycles. The van der Waals surface area contributed by atoms with Gasteiger partial charge in [-0.1, -0.05) is 12.1 Å². The van der Waals surface area contributed by atoms with Crippen molar-refractivity contribution in [2.75, 3.05) is 14.1 Å². The van der Waals surface area contributed by atoms with Gasteiger partial charge in [0.1, 0.15) is 30.4 Å². The summed E-state index contributed by atoms with van der Waals surface area (Å²) in [5.41, 5.74) is -1.72. The van der Waals surface area contributed by atoms with E-state index in [0.29, 0.717) is 34.0 Å².